The number of hydrogen-bond donors (Lipinski definition) is 3. The van der Waals surface area contributed by atoms with Crippen LogP contribution in [0.5, 0.6) is 0 Å². The lowest BCUT2D eigenvalue weighted by Crippen LogP contribution is -2.27. The molecule has 5 nitrogen and oxygen atoms in total. The molecule has 0 amide bonds. The van der Waals surface area contributed by atoms with Crippen LogP contribution in [0.25, 0.3) is 0 Å². The molecule has 0 aliphatic heterocycles. The van der Waals surface area contributed by atoms with Crippen molar-refractivity contribution in [2.24, 2.45) is 5.84 Å². The summed E-state index contributed by atoms with van der Waals surface area (Å²) in [4.78, 5) is 6.40. The van der Waals surface area contributed by atoms with Crippen molar-refractivity contribution in [2.75, 3.05) is 25.1 Å². The highest BCUT2D eigenvalue weighted by molar-refractivity contribution is 5.33. The summed E-state index contributed by atoms with van der Waals surface area (Å²) in [6.45, 7) is 4.89. The van der Waals surface area contributed by atoms with Gasteiger partial charge in [-0.15, -0.1) is 0 Å². The van der Waals surface area contributed by atoms with Crippen molar-refractivity contribution in [3.8, 4) is 0 Å². The van der Waals surface area contributed by atoms with Crippen molar-refractivity contribution in [1.29, 1.82) is 0 Å². The number of rotatable bonds is 8. The zero-order valence-corrected chi connectivity index (χ0v) is 10.4. The molecule has 4 N–H and O–H groups in total. The van der Waals surface area contributed by atoms with Gasteiger partial charge in [0.25, 0.3) is 0 Å². The number of nitrogen functional groups attached to an aromatic ring is 1. The Kier molecular flexibility index (Phi) is 6.54. The van der Waals surface area contributed by atoms with Crippen LogP contribution >= 0.6 is 0 Å². The number of hydrogen-bond acceptors (Lipinski definition) is 5. The lowest BCUT2D eigenvalue weighted by molar-refractivity contribution is 0.188. The molecular formula is C12H22N4O. The van der Waals surface area contributed by atoms with Crippen molar-refractivity contribution >= 4 is 5.82 Å². The van der Waals surface area contributed by atoms with Gasteiger partial charge in [0.15, 0.2) is 0 Å². The third-order valence-electron chi connectivity index (χ3n) is 2.62. The molecule has 0 radical (unpaired) electrons. The highest BCUT2D eigenvalue weighted by Gasteiger charge is 2.05. The lowest BCUT2D eigenvalue weighted by atomic mass is 10.2. The molecule has 1 rings (SSSR count). The molecule has 96 valence electrons. The van der Waals surface area contributed by atoms with Crippen LogP contribution in [-0.4, -0.2) is 34.7 Å². The van der Waals surface area contributed by atoms with Crippen molar-refractivity contribution < 1.29 is 5.11 Å². The van der Waals surface area contributed by atoms with Gasteiger partial charge >= 0.3 is 0 Å². The van der Waals surface area contributed by atoms with E-state index in [0.29, 0.717) is 12.4 Å². The molecule has 0 saturated heterocycles. The van der Waals surface area contributed by atoms with Crippen molar-refractivity contribution in [3.63, 3.8) is 0 Å². The Morgan fingerprint density at radius 1 is 1.41 bits per heavy atom. The summed E-state index contributed by atoms with van der Waals surface area (Å²) >= 11 is 0. The number of nitrogens with zero attached hydrogens (tertiary/aromatic N) is 2. The van der Waals surface area contributed by atoms with E-state index < -0.39 is 0 Å². The number of hydrazine groups is 1. The number of aliphatic hydroxyl groups excluding tert-OH is 1. The third-order valence-corrected chi connectivity index (χ3v) is 2.62. The van der Waals surface area contributed by atoms with E-state index in [1.54, 1.807) is 0 Å². The molecule has 1 aromatic rings. The number of aliphatic hydroxyl groups is 1. The van der Waals surface area contributed by atoms with Crippen LogP contribution in [0, 0.1) is 0 Å². The van der Waals surface area contributed by atoms with Crippen molar-refractivity contribution in [1.82, 2.24) is 9.88 Å². The van der Waals surface area contributed by atoms with Crippen LogP contribution in [0.1, 0.15) is 25.3 Å². The predicted molar refractivity (Wildman–Crippen MR) is 69.3 cm³/mol. The SMILES string of the molecule is CCCCN(CCO)Cc1ccc(NN)nc1. The summed E-state index contributed by atoms with van der Waals surface area (Å²) in [6, 6.07) is 3.85. The van der Waals surface area contributed by atoms with Crippen LogP contribution in [0.4, 0.5) is 5.82 Å². The number of nitrogens with one attached hydrogen (secondary N) is 1. The largest absolute Gasteiger partial charge is 0.395 e. The predicted octanol–water partition coefficient (Wildman–Crippen LogP) is 0.962. The summed E-state index contributed by atoms with van der Waals surface area (Å²) in [5.74, 6) is 5.92. The summed E-state index contributed by atoms with van der Waals surface area (Å²) in [5, 5.41) is 9.01. The maximum Gasteiger partial charge on any atom is 0.139 e. The van der Waals surface area contributed by atoms with Crippen LogP contribution in [0.15, 0.2) is 18.3 Å². The molecule has 0 fully saturated rings. The second kappa shape index (κ2) is 8.00. The summed E-state index contributed by atoms with van der Waals surface area (Å²) in [5.41, 5.74) is 3.64. The first-order valence-electron chi connectivity index (χ1n) is 6.05. The highest BCUT2D eigenvalue weighted by Crippen LogP contribution is 2.07. The molecule has 5 heteroatoms. The Morgan fingerprint density at radius 2 is 2.24 bits per heavy atom. The van der Waals surface area contributed by atoms with Crippen LogP contribution in [0.2, 0.25) is 0 Å². The van der Waals surface area contributed by atoms with Crippen LogP contribution in [-0.2, 0) is 6.54 Å². The highest BCUT2D eigenvalue weighted by atomic mass is 16.3. The maximum absolute atomic E-state index is 9.01. The van der Waals surface area contributed by atoms with E-state index >= 15 is 0 Å². The van der Waals surface area contributed by atoms with Gasteiger partial charge in [0.1, 0.15) is 5.82 Å². The average molecular weight is 238 g/mol. The maximum atomic E-state index is 9.01. The van der Waals surface area contributed by atoms with Gasteiger partial charge in [-0.3, -0.25) is 4.90 Å². The van der Waals surface area contributed by atoms with Gasteiger partial charge in [0, 0.05) is 19.3 Å². The first kappa shape index (κ1) is 13.9. The molecule has 1 heterocycles. The molecule has 0 bridgehead atoms. The lowest BCUT2D eigenvalue weighted by Gasteiger charge is -2.20. The van der Waals surface area contributed by atoms with E-state index in [1.807, 2.05) is 18.3 Å². The van der Waals surface area contributed by atoms with Gasteiger partial charge in [0.05, 0.1) is 6.61 Å². The van der Waals surface area contributed by atoms with E-state index in [1.165, 1.54) is 0 Å². The molecule has 0 aliphatic rings. The van der Waals surface area contributed by atoms with E-state index in [4.69, 9.17) is 10.9 Å². The molecule has 0 aliphatic carbocycles. The zero-order valence-electron chi connectivity index (χ0n) is 10.4. The average Bonchev–Trinajstić information content (AvgIpc) is 2.37. The van der Waals surface area contributed by atoms with Gasteiger partial charge < -0.3 is 10.5 Å². The topological polar surface area (TPSA) is 74.4 Å². The zero-order chi connectivity index (χ0) is 12.5. The normalized spacial score (nSPS) is 10.8. The second-order valence-corrected chi connectivity index (χ2v) is 4.05. The number of pyridine rings is 1. The molecule has 0 spiro atoms. The summed E-state index contributed by atoms with van der Waals surface area (Å²) in [7, 11) is 0. The number of anilines is 1. The van der Waals surface area contributed by atoms with Crippen LogP contribution in [0.3, 0.4) is 0 Å². The first-order chi connectivity index (χ1) is 8.30. The fourth-order valence-electron chi connectivity index (χ4n) is 1.65. The fourth-order valence-corrected chi connectivity index (χ4v) is 1.65. The molecule has 0 atom stereocenters. The van der Waals surface area contributed by atoms with Gasteiger partial charge in [-0.25, -0.2) is 10.8 Å². The number of unbranched alkanes of at least 4 members (excludes halogenated alkanes) is 1. The Hall–Kier alpha value is -1.17. The van der Waals surface area contributed by atoms with Crippen LogP contribution < -0.4 is 11.3 Å². The van der Waals surface area contributed by atoms with Crippen molar-refractivity contribution in [2.45, 2.75) is 26.3 Å². The summed E-state index contributed by atoms with van der Waals surface area (Å²) < 4.78 is 0. The molecule has 0 saturated carbocycles. The fraction of sp³-hybridized carbons (Fsp3) is 0.583. The second-order valence-electron chi connectivity index (χ2n) is 4.05. The Labute approximate surface area is 103 Å². The minimum atomic E-state index is 0.194. The first-order valence-corrected chi connectivity index (χ1v) is 6.05. The number of aromatic nitrogens is 1. The van der Waals surface area contributed by atoms with Gasteiger partial charge in [-0.2, -0.15) is 0 Å². The third kappa shape index (κ3) is 5.12. The van der Waals surface area contributed by atoms with Gasteiger partial charge in [-0.1, -0.05) is 19.4 Å². The quantitative estimate of drug-likeness (QED) is 0.465. The Morgan fingerprint density at radius 3 is 2.76 bits per heavy atom. The van der Waals surface area contributed by atoms with E-state index in [-0.39, 0.29) is 6.61 Å². The smallest absolute Gasteiger partial charge is 0.139 e. The number of nitrogens with two attached hydrogens (primary N) is 1. The summed E-state index contributed by atoms with van der Waals surface area (Å²) in [6.07, 6.45) is 4.12. The molecule has 17 heavy (non-hydrogen) atoms. The molecular weight excluding hydrogens is 216 g/mol. The van der Waals surface area contributed by atoms with E-state index in [0.717, 1.165) is 31.5 Å². The van der Waals surface area contributed by atoms with E-state index in [2.05, 4.69) is 22.2 Å². The minimum absolute atomic E-state index is 0.194. The standard InChI is InChI=1S/C12H22N4O/c1-2-3-6-16(7-8-17)10-11-4-5-12(15-13)14-9-11/h4-5,9,17H,2-3,6-8,10,13H2,1H3,(H,14,15). The molecule has 0 aromatic carbocycles. The molecule has 0 unspecified atom stereocenters. The van der Waals surface area contributed by atoms with Crippen molar-refractivity contribution in [3.05, 3.63) is 23.9 Å². The van der Waals surface area contributed by atoms with E-state index in [9.17, 15) is 0 Å². The van der Waals surface area contributed by atoms with Gasteiger partial charge in [0.2, 0.25) is 0 Å². The minimum Gasteiger partial charge on any atom is -0.395 e. The van der Waals surface area contributed by atoms with Gasteiger partial charge in [-0.05, 0) is 24.6 Å². The Balaban J connectivity index is 2.51. The Bertz CT molecular complexity index is 302. The monoisotopic (exact) mass is 238 g/mol. The molecule has 1 aromatic heterocycles.